The van der Waals surface area contributed by atoms with Crippen LogP contribution >= 0.6 is 11.3 Å². The van der Waals surface area contributed by atoms with E-state index in [9.17, 15) is 0 Å². The van der Waals surface area contributed by atoms with Crippen LogP contribution in [0, 0.1) is 0 Å². The van der Waals surface area contributed by atoms with Crippen molar-refractivity contribution >= 4 is 16.5 Å². The molecule has 0 aliphatic rings. The number of likely N-dealkylation sites (N-methyl/N-ethyl adjacent to an activating group) is 1. The lowest BCUT2D eigenvalue weighted by molar-refractivity contribution is 0.154. The fourth-order valence-electron chi connectivity index (χ4n) is 1.82. The molecule has 0 saturated carbocycles. The van der Waals surface area contributed by atoms with Gasteiger partial charge in [-0.25, -0.2) is 4.98 Å². The molecule has 0 aliphatic heterocycles. The van der Waals surface area contributed by atoms with Crippen LogP contribution in [-0.2, 0) is 11.3 Å². The summed E-state index contributed by atoms with van der Waals surface area (Å²) in [5.74, 6) is 0.522. The van der Waals surface area contributed by atoms with Crippen LogP contribution in [-0.4, -0.2) is 38.8 Å². The molecule has 0 spiro atoms. The topological polar surface area (TPSA) is 37.4 Å². The van der Waals surface area contributed by atoms with E-state index in [-0.39, 0.29) is 0 Å². The zero-order chi connectivity index (χ0) is 14.3. The first-order valence-electron chi connectivity index (χ1n) is 7.07. The molecular formula is C14H27N3OS. The van der Waals surface area contributed by atoms with Crippen molar-refractivity contribution in [3.63, 3.8) is 0 Å². The van der Waals surface area contributed by atoms with Crippen molar-refractivity contribution in [1.29, 1.82) is 0 Å². The molecule has 4 nitrogen and oxygen atoms in total. The molecule has 0 fully saturated rings. The fourth-order valence-corrected chi connectivity index (χ4v) is 3.00. The summed E-state index contributed by atoms with van der Waals surface area (Å²) in [7, 11) is 4.07. The van der Waals surface area contributed by atoms with Crippen LogP contribution in [0.3, 0.4) is 0 Å². The first kappa shape index (κ1) is 16.4. The SMILES string of the molecule is CCOCCN(C)c1nc(C(C)CC)c(CNC)s1. The zero-order valence-corrected chi connectivity index (χ0v) is 13.6. The molecule has 1 N–H and O–H groups in total. The van der Waals surface area contributed by atoms with Gasteiger partial charge in [-0.3, -0.25) is 0 Å². The monoisotopic (exact) mass is 285 g/mol. The molecule has 0 bridgehead atoms. The number of anilines is 1. The Bertz CT molecular complexity index is 368. The maximum Gasteiger partial charge on any atom is 0.185 e. The van der Waals surface area contributed by atoms with Crippen LogP contribution in [0.15, 0.2) is 0 Å². The number of hydrogen-bond acceptors (Lipinski definition) is 5. The minimum absolute atomic E-state index is 0.522. The number of ether oxygens (including phenoxy) is 1. The van der Waals surface area contributed by atoms with Gasteiger partial charge in [-0.15, -0.1) is 11.3 Å². The van der Waals surface area contributed by atoms with Gasteiger partial charge in [0.25, 0.3) is 0 Å². The summed E-state index contributed by atoms with van der Waals surface area (Å²) in [4.78, 5) is 8.37. The van der Waals surface area contributed by atoms with Crippen LogP contribution in [0.4, 0.5) is 5.13 Å². The molecule has 1 atom stereocenters. The molecule has 1 aromatic rings. The van der Waals surface area contributed by atoms with Crippen LogP contribution < -0.4 is 10.2 Å². The van der Waals surface area contributed by atoms with Gasteiger partial charge in [0.05, 0.1) is 12.3 Å². The first-order valence-corrected chi connectivity index (χ1v) is 7.88. The molecule has 0 amide bonds. The third-order valence-corrected chi connectivity index (χ3v) is 4.42. The Kier molecular flexibility index (Phi) is 7.34. The van der Waals surface area contributed by atoms with Crippen molar-refractivity contribution in [1.82, 2.24) is 10.3 Å². The molecule has 0 aromatic carbocycles. The van der Waals surface area contributed by atoms with Gasteiger partial charge >= 0.3 is 0 Å². The number of thiazole rings is 1. The summed E-state index contributed by atoms with van der Waals surface area (Å²) in [5.41, 5.74) is 1.25. The molecule has 0 radical (unpaired) electrons. The Labute approximate surface area is 121 Å². The first-order chi connectivity index (χ1) is 9.13. The van der Waals surface area contributed by atoms with Gasteiger partial charge < -0.3 is 15.0 Å². The maximum atomic E-state index is 5.40. The van der Waals surface area contributed by atoms with E-state index in [1.54, 1.807) is 11.3 Å². The minimum atomic E-state index is 0.522. The van der Waals surface area contributed by atoms with Crippen LogP contribution in [0.2, 0.25) is 0 Å². The number of nitrogens with one attached hydrogen (secondary N) is 1. The fraction of sp³-hybridized carbons (Fsp3) is 0.786. The Morgan fingerprint density at radius 2 is 2.16 bits per heavy atom. The van der Waals surface area contributed by atoms with Crippen molar-refractivity contribution < 1.29 is 4.74 Å². The molecule has 1 rings (SSSR count). The van der Waals surface area contributed by atoms with E-state index >= 15 is 0 Å². The second-order valence-corrected chi connectivity index (χ2v) is 5.83. The second kappa shape index (κ2) is 8.51. The average Bonchev–Trinajstić information content (AvgIpc) is 2.82. The quantitative estimate of drug-likeness (QED) is 0.708. The Morgan fingerprint density at radius 3 is 2.74 bits per heavy atom. The summed E-state index contributed by atoms with van der Waals surface area (Å²) < 4.78 is 5.40. The summed E-state index contributed by atoms with van der Waals surface area (Å²) in [6.45, 7) is 9.80. The standard InChI is InChI=1S/C14H27N3OS/c1-6-11(3)13-12(10-15-4)19-14(16-13)17(5)8-9-18-7-2/h11,15H,6-10H2,1-5H3. The van der Waals surface area contributed by atoms with E-state index in [1.807, 2.05) is 14.0 Å². The largest absolute Gasteiger partial charge is 0.380 e. The Morgan fingerprint density at radius 1 is 1.42 bits per heavy atom. The predicted molar refractivity (Wildman–Crippen MR) is 83.3 cm³/mol. The van der Waals surface area contributed by atoms with E-state index in [1.165, 1.54) is 10.6 Å². The van der Waals surface area contributed by atoms with E-state index in [0.717, 1.165) is 37.9 Å². The van der Waals surface area contributed by atoms with E-state index in [2.05, 4.69) is 31.1 Å². The van der Waals surface area contributed by atoms with Crippen LogP contribution in [0.5, 0.6) is 0 Å². The highest BCUT2D eigenvalue weighted by atomic mass is 32.1. The van der Waals surface area contributed by atoms with Gasteiger partial charge in [-0.05, 0) is 26.3 Å². The number of nitrogens with zero attached hydrogens (tertiary/aromatic N) is 2. The lowest BCUT2D eigenvalue weighted by atomic mass is 10.0. The minimum Gasteiger partial charge on any atom is -0.380 e. The van der Waals surface area contributed by atoms with Crippen molar-refractivity contribution in [3.8, 4) is 0 Å². The summed E-state index contributed by atoms with van der Waals surface area (Å²) in [5, 5.41) is 4.33. The van der Waals surface area contributed by atoms with Gasteiger partial charge in [0.15, 0.2) is 5.13 Å². The Balaban J connectivity index is 2.78. The van der Waals surface area contributed by atoms with Crippen molar-refractivity contribution in [2.45, 2.75) is 39.7 Å². The van der Waals surface area contributed by atoms with Gasteiger partial charge in [0.1, 0.15) is 0 Å². The van der Waals surface area contributed by atoms with E-state index < -0.39 is 0 Å². The molecule has 1 heterocycles. The number of rotatable bonds is 9. The lowest BCUT2D eigenvalue weighted by Crippen LogP contribution is -2.22. The van der Waals surface area contributed by atoms with Crippen LogP contribution in [0.25, 0.3) is 0 Å². The molecule has 1 unspecified atom stereocenters. The molecule has 0 saturated heterocycles. The van der Waals surface area contributed by atoms with Gasteiger partial charge in [0.2, 0.25) is 0 Å². The second-order valence-electron chi connectivity index (χ2n) is 4.76. The molecule has 19 heavy (non-hydrogen) atoms. The van der Waals surface area contributed by atoms with Crippen molar-refractivity contribution in [2.24, 2.45) is 0 Å². The third kappa shape index (κ3) is 4.75. The predicted octanol–water partition coefficient (Wildman–Crippen LogP) is 2.85. The highest BCUT2D eigenvalue weighted by Crippen LogP contribution is 2.31. The molecular weight excluding hydrogens is 258 g/mol. The normalized spacial score (nSPS) is 12.7. The highest BCUT2D eigenvalue weighted by molar-refractivity contribution is 7.15. The average molecular weight is 285 g/mol. The van der Waals surface area contributed by atoms with E-state index in [4.69, 9.17) is 9.72 Å². The van der Waals surface area contributed by atoms with Crippen molar-refractivity contribution in [3.05, 3.63) is 10.6 Å². The van der Waals surface area contributed by atoms with Gasteiger partial charge in [-0.1, -0.05) is 13.8 Å². The molecule has 110 valence electrons. The van der Waals surface area contributed by atoms with Gasteiger partial charge in [0, 0.05) is 31.6 Å². The number of aromatic nitrogens is 1. The molecule has 1 aromatic heterocycles. The van der Waals surface area contributed by atoms with E-state index in [0.29, 0.717) is 5.92 Å². The maximum absolute atomic E-state index is 5.40. The summed E-state index contributed by atoms with van der Waals surface area (Å²) in [6.07, 6.45) is 1.13. The molecule has 0 aliphatic carbocycles. The van der Waals surface area contributed by atoms with Crippen LogP contribution in [0.1, 0.15) is 43.7 Å². The summed E-state index contributed by atoms with van der Waals surface area (Å²) in [6, 6.07) is 0. The Hall–Kier alpha value is -0.650. The number of hydrogen-bond donors (Lipinski definition) is 1. The van der Waals surface area contributed by atoms with Gasteiger partial charge in [-0.2, -0.15) is 0 Å². The smallest absolute Gasteiger partial charge is 0.185 e. The lowest BCUT2D eigenvalue weighted by Gasteiger charge is -2.15. The zero-order valence-electron chi connectivity index (χ0n) is 12.8. The highest BCUT2D eigenvalue weighted by Gasteiger charge is 2.17. The summed E-state index contributed by atoms with van der Waals surface area (Å²) >= 11 is 1.79. The molecule has 5 heteroatoms. The third-order valence-electron chi connectivity index (χ3n) is 3.23. The van der Waals surface area contributed by atoms with Crippen molar-refractivity contribution in [2.75, 3.05) is 38.8 Å².